The molecular formula is C38H48N2O3. The maximum Gasteiger partial charge on any atom is 0.334 e. The third-order valence-corrected chi connectivity index (χ3v) is 8.69. The molecular weight excluding hydrogens is 532 g/mol. The van der Waals surface area contributed by atoms with E-state index in [-0.39, 0.29) is 12.1 Å². The van der Waals surface area contributed by atoms with Crippen molar-refractivity contribution < 1.29 is 14.3 Å². The number of benzene rings is 2. The molecule has 5 nitrogen and oxygen atoms in total. The summed E-state index contributed by atoms with van der Waals surface area (Å²) in [6.45, 7) is 10.2. The molecule has 1 unspecified atom stereocenters. The van der Waals surface area contributed by atoms with Gasteiger partial charge in [-0.3, -0.25) is 4.99 Å². The predicted octanol–water partition coefficient (Wildman–Crippen LogP) is 8.51. The van der Waals surface area contributed by atoms with Gasteiger partial charge in [0.15, 0.2) is 0 Å². The second kappa shape index (κ2) is 15.3. The van der Waals surface area contributed by atoms with Crippen LogP contribution in [0.1, 0.15) is 88.3 Å². The molecule has 1 atom stereocenters. The minimum Gasteiger partial charge on any atom is -0.454 e. The Labute approximate surface area is 258 Å². The van der Waals surface area contributed by atoms with Crippen molar-refractivity contribution in [2.24, 2.45) is 10.9 Å². The van der Waals surface area contributed by atoms with Crippen molar-refractivity contribution >= 4 is 17.9 Å². The van der Waals surface area contributed by atoms with E-state index < -0.39 is 0 Å². The lowest BCUT2D eigenvalue weighted by Gasteiger charge is -2.30. The van der Waals surface area contributed by atoms with Crippen molar-refractivity contribution in [3.63, 3.8) is 0 Å². The van der Waals surface area contributed by atoms with Gasteiger partial charge < -0.3 is 14.4 Å². The molecule has 0 radical (unpaired) electrons. The van der Waals surface area contributed by atoms with E-state index in [0.29, 0.717) is 31.6 Å². The summed E-state index contributed by atoms with van der Waals surface area (Å²) in [5.74, 6) is 1.04. The number of rotatable bonds is 11. The zero-order valence-corrected chi connectivity index (χ0v) is 26.3. The van der Waals surface area contributed by atoms with E-state index in [1.165, 1.54) is 52.8 Å². The van der Waals surface area contributed by atoms with Gasteiger partial charge in [0, 0.05) is 36.1 Å². The van der Waals surface area contributed by atoms with Crippen LogP contribution in [0.2, 0.25) is 0 Å². The summed E-state index contributed by atoms with van der Waals surface area (Å²) in [6, 6.07) is 16.1. The van der Waals surface area contributed by atoms with Crippen molar-refractivity contribution in [1.82, 2.24) is 4.90 Å². The molecule has 2 aromatic carbocycles. The summed E-state index contributed by atoms with van der Waals surface area (Å²) in [5, 5.41) is 0. The first-order chi connectivity index (χ1) is 21.0. The van der Waals surface area contributed by atoms with Gasteiger partial charge in [-0.2, -0.15) is 0 Å². The lowest BCUT2D eigenvalue weighted by molar-refractivity contribution is -0.167. The maximum atomic E-state index is 12.6. The van der Waals surface area contributed by atoms with E-state index in [4.69, 9.17) is 9.47 Å². The number of fused-ring (bicyclic) bond motifs is 1. The van der Waals surface area contributed by atoms with E-state index in [9.17, 15) is 4.79 Å². The van der Waals surface area contributed by atoms with Crippen LogP contribution in [0.3, 0.4) is 0 Å². The van der Waals surface area contributed by atoms with Crippen LogP contribution in [-0.4, -0.2) is 49.5 Å². The van der Waals surface area contributed by atoms with Crippen LogP contribution in [0.15, 0.2) is 77.3 Å². The molecule has 0 spiro atoms. The standard InChI is InChI=1S/C38H48N2O3/c1-4-9-29(11-6-5-10-28(2)3)30-14-16-31(17-15-30)33-18-19-34-25-39-21-20-37(36(34)24-33)40-22-7-12-32(13-8-23-40)38(41)43-35-26-42-27-35/h5,10,12,14-21,24,28-29,35H,4,6-9,11,13,22-23,25-27H2,1-3H3/b10-5+,32-12-. The SMILES string of the molecule is CCCC(CC/C=C/C(C)C)c1ccc(-c2ccc3c(c2)C(N2CC/C=C(\C(=O)OC4COC4)CCC2)=CC=NC3)cc1. The Morgan fingerprint density at radius 1 is 1.09 bits per heavy atom. The van der Waals surface area contributed by atoms with E-state index >= 15 is 0 Å². The number of esters is 1. The molecule has 0 saturated carbocycles. The molecule has 0 amide bonds. The number of aliphatic imine (C=N–C) groups is 1. The van der Waals surface area contributed by atoms with E-state index in [2.05, 4.69) is 97.4 Å². The molecule has 43 heavy (non-hydrogen) atoms. The van der Waals surface area contributed by atoms with Crippen LogP contribution >= 0.6 is 0 Å². The van der Waals surface area contributed by atoms with Crippen LogP contribution in [0.25, 0.3) is 16.8 Å². The fraction of sp³-hybridized carbons (Fsp3) is 0.474. The van der Waals surface area contributed by atoms with Crippen LogP contribution in [0.5, 0.6) is 0 Å². The highest BCUT2D eigenvalue weighted by molar-refractivity contribution is 5.89. The summed E-state index contributed by atoms with van der Waals surface area (Å²) in [6.07, 6.45) is 18.0. The van der Waals surface area contributed by atoms with Crippen LogP contribution in [0.4, 0.5) is 0 Å². The fourth-order valence-corrected chi connectivity index (χ4v) is 6.22. The molecule has 5 rings (SSSR count). The smallest absolute Gasteiger partial charge is 0.334 e. The van der Waals surface area contributed by atoms with Gasteiger partial charge >= 0.3 is 5.97 Å². The highest BCUT2D eigenvalue weighted by atomic mass is 16.6. The quantitative estimate of drug-likeness (QED) is 0.197. The second-order valence-electron chi connectivity index (χ2n) is 12.4. The Hall–Kier alpha value is -3.44. The molecule has 3 aliphatic rings. The third kappa shape index (κ3) is 8.35. The predicted molar refractivity (Wildman–Crippen MR) is 177 cm³/mol. The number of nitrogens with zero attached hydrogens (tertiary/aromatic N) is 2. The zero-order chi connectivity index (χ0) is 30.0. The van der Waals surface area contributed by atoms with Crippen LogP contribution in [-0.2, 0) is 20.8 Å². The number of carbonyl (C=O) groups excluding carboxylic acids is 1. The average molecular weight is 581 g/mol. The summed E-state index contributed by atoms with van der Waals surface area (Å²) in [4.78, 5) is 19.7. The number of ether oxygens (including phenoxy) is 2. The van der Waals surface area contributed by atoms with Crippen LogP contribution in [0, 0.1) is 5.92 Å². The third-order valence-electron chi connectivity index (χ3n) is 8.69. The summed E-state index contributed by atoms with van der Waals surface area (Å²) in [7, 11) is 0. The van der Waals surface area contributed by atoms with Gasteiger partial charge in [0.05, 0.1) is 19.8 Å². The minimum atomic E-state index is -0.174. The van der Waals surface area contributed by atoms with Gasteiger partial charge in [-0.25, -0.2) is 4.79 Å². The van der Waals surface area contributed by atoms with Gasteiger partial charge in [-0.15, -0.1) is 0 Å². The van der Waals surface area contributed by atoms with Crippen molar-refractivity contribution in [1.29, 1.82) is 0 Å². The number of carbonyl (C=O) groups is 1. The lowest BCUT2D eigenvalue weighted by atomic mass is 9.88. The number of hydrogen-bond acceptors (Lipinski definition) is 5. The first kappa shape index (κ1) is 31.0. The highest BCUT2D eigenvalue weighted by Crippen LogP contribution is 2.33. The fourth-order valence-electron chi connectivity index (χ4n) is 6.22. The maximum absolute atomic E-state index is 12.6. The molecule has 0 aromatic heterocycles. The molecule has 3 aliphatic heterocycles. The molecule has 5 heteroatoms. The molecule has 228 valence electrons. The monoisotopic (exact) mass is 580 g/mol. The van der Waals surface area contributed by atoms with E-state index in [1.807, 2.05) is 6.21 Å². The molecule has 2 aromatic rings. The highest BCUT2D eigenvalue weighted by Gasteiger charge is 2.25. The zero-order valence-electron chi connectivity index (χ0n) is 26.3. The van der Waals surface area contributed by atoms with Gasteiger partial charge in [-0.1, -0.05) is 81.8 Å². The van der Waals surface area contributed by atoms with Crippen molar-refractivity contribution in [3.05, 3.63) is 89.0 Å². The summed E-state index contributed by atoms with van der Waals surface area (Å²) >= 11 is 0. The Kier molecular flexibility index (Phi) is 11.1. The Morgan fingerprint density at radius 2 is 1.91 bits per heavy atom. The van der Waals surface area contributed by atoms with Gasteiger partial charge in [0.1, 0.15) is 6.10 Å². The first-order valence-electron chi connectivity index (χ1n) is 16.3. The topological polar surface area (TPSA) is 51.1 Å². The van der Waals surface area contributed by atoms with E-state index in [1.54, 1.807) is 0 Å². The van der Waals surface area contributed by atoms with Gasteiger partial charge in [0.2, 0.25) is 0 Å². The first-order valence-corrected chi connectivity index (χ1v) is 16.3. The van der Waals surface area contributed by atoms with Crippen molar-refractivity contribution in [2.75, 3.05) is 26.3 Å². The van der Waals surface area contributed by atoms with Crippen LogP contribution < -0.4 is 0 Å². The van der Waals surface area contributed by atoms with Crippen molar-refractivity contribution in [3.8, 4) is 11.1 Å². The number of allylic oxidation sites excluding steroid dienone is 3. The Morgan fingerprint density at radius 3 is 2.65 bits per heavy atom. The number of hydrogen-bond donors (Lipinski definition) is 0. The normalized spacial score (nSPS) is 19.5. The minimum absolute atomic E-state index is 0.0811. The lowest BCUT2D eigenvalue weighted by Crippen LogP contribution is -2.38. The Bertz CT molecular complexity index is 1350. The van der Waals surface area contributed by atoms with Crippen molar-refractivity contribution in [2.45, 2.75) is 84.3 Å². The van der Waals surface area contributed by atoms with E-state index in [0.717, 1.165) is 44.3 Å². The second-order valence-corrected chi connectivity index (χ2v) is 12.4. The molecule has 0 aliphatic carbocycles. The largest absolute Gasteiger partial charge is 0.454 e. The summed E-state index contributed by atoms with van der Waals surface area (Å²) < 4.78 is 10.7. The van der Waals surface area contributed by atoms with Gasteiger partial charge in [0.25, 0.3) is 0 Å². The molecule has 0 N–H and O–H groups in total. The Balaban J connectivity index is 1.29. The molecule has 1 saturated heterocycles. The molecule has 1 fully saturated rings. The van der Waals surface area contributed by atoms with Gasteiger partial charge in [-0.05, 0) is 84.8 Å². The average Bonchev–Trinajstić information content (AvgIpc) is 3.18. The summed E-state index contributed by atoms with van der Waals surface area (Å²) in [5.41, 5.74) is 8.48. The molecule has 0 bridgehead atoms. The molecule has 3 heterocycles.